The Labute approximate surface area is 143 Å². The van der Waals surface area contributed by atoms with Gasteiger partial charge in [-0.2, -0.15) is 0 Å². The molecule has 24 heavy (non-hydrogen) atoms. The fraction of sp³-hybridized carbons (Fsp3) is 0.118. The van der Waals surface area contributed by atoms with Crippen LogP contribution in [0.5, 0.6) is 5.75 Å². The van der Waals surface area contributed by atoms with E-state index in [-0.39, 0.29) is 0 Å². The summed E-state index contributed by atoms with van der Waals surface area (Å²) in [5.74, 6) is 0.718. The van der Waals surface area contributed by atoms with E-state index in [9.17, 15) is 4.79 Å². The summed E-state index contributed by atoms with van der Waals surface area (Å²) < 4.78 is 10.4. The molecule has 0 aliphatic heterocycles. The largest absolute Gasteiger partial charge is 0.496 e. The number of methoxy groups -OCH3 is 1. The van der Waals surface area contributed by atoms with Crippen LogP contribution in [0.2, 0.25) is 0 Å². The number of para-hydroxylation sites is 1. The van der Waals surface area contributed by atoms with Gasteiger partial charge in [-0.05, 0) is 24.3 Å². The topological polar surface area (TPSA) is 73.3 Å². The molecule has 6 nitrogen and oxygen atoms in total. The van der Waals surface area contributed by atoms with Crippen LogP contribution < -0.4 is 10.1 Å². The Kier molecular flexibility index (Phi) is 5.12. The van der Waals surface area contributed by atoms with E-state index < -0.39 is 6.09 Å². The maximum absolute atomic E-state index is 11.8. The molecule has 0 aliphatic rings. The van der Waals surface area contributed by atoms with Gasteiger partial charge in [0.05, 0.1) is 12.6 Å². The molecule has 1 amide bonds. The summed E-state index contributed by atoms with van der Waals surface area (Å²) in [5.41, 5.74) is 1.67. The first kappa shape index (κ1) is 16.1. The number of hydrogen-bond acceptors (Lipinski definition) is 6. The lowest BCUT2D eigenvalue weighted by Gasteiger charge is -2.09. The number of nitrogens with one attached hydrogen (secondary N) is 1. The van der Waals surface area contributed by atoms with Crippen LogP contribution in [0, 0.1) is 0 Å². The third-order valence-electron chi connectivity index (χ3n) is 3.28. The number of pyridine rings is 2. The van der Waals surface area contributed by atoms with Gasteiger partial charge in [0.25, 0.3) is 0 Å². The number of aromatic nitrogens is 2. The third kappa shape index (κ3) is 3.94. The van der Waals surface area contributed by atoms with E-state index in [0.29, 0.717) is 11.6 Å². The van der Waals surface area contributed by atoms with Crippen molar-refractivity contribution in [1.29, 1.82) is 0 Å². The van der Waals surface area contributed by atoms with Crippen LogP contribution in [-0.2, 0) is 10.7 Å². The lowest BCUT2D eigenvalue weighted by Crippen LogP contribution is -2.22. The van der Waals surface area contributed by atoms with Crippen LogP contribution >= 0.6 is 12.0 Å². The highest BCUT2D eigenvalue weighted by molar-refractivity contribution is 7.95. The molecule has 0 fully saturated rings. The first-order valence-electron chi connectivity index (χ1n) is 7.21. The SMILES string of the molecule is COc1ccccc1CNC(=O)OSc1ccc2cnccc2n1. The fourth-order valence-electron chi connectivity index (χ4n) is 2.12. The summed E-state index contributed by atoms with van der Waals surface area (Å²) >= 11 is 0.914. The fourth-order valence-corrected chi connectivity index (χ4v) is 2.60. The number of rotatable bonds is 5. The molecular weight excluding hydrogens is 326 g/mol. The number of amides is 1. The molecule has 2 aromatic heterocycles. The maximum Gasteiger partial charge on any atom is 0.420 e. The number of hydrogen-bond donors (Lipinski definition) is 1. The highest BCUT2D eigenvalue weighted by Gasteiger charge is 2.08. The molecule has 0 saturated carbocycles. The second-order valence-electron chi connectivity index (χ2n) is 4.84. The smallest absolute Gasteiger partial charge is 0.420 e. The highest BCUT2D eigenvalue weighted by Crippen LogP contribution is 2.21. The number of carbonyl (C=O) groups is 1. The molecule has 0 unspecified atom stereocenters. The molecule has 0 aliphatic carbocycles. The Hall–Kier alpha value is -2.80. The summed E-state index contributed by atoms with van der Waals surface area (Å²) in [6.45, 7) is 0.320. The zero-order valence-electron chi connectivity index (χ0n) is 12.9. The van der Waals surface area contributed by atoms with Crippen LogP contribution in [0.4, 0.5) is 4.79 Å². The van der Waals surface area contributed by atoms with Gasteiger partial charge in [0.1, 0.15) is 22.8 Å². The molecule has 122 valence electrons. The zero-order valence-corrected chi connectivity index (χ0v) is 13.7. The lowest BCUT2D eigenvalue weighted by atomic mass is 10.2. The van der Waals surface area contributed by atoms with Gasteiger partial charge < -0.3 is 14.2 Å². The molecule has 7 heteroatoms. The number of carbonyl (C=O) groups excluding carboxylic acids is 1. The van der Waals surface area contributed by atoms with Gasteiger partial charge in [-0.15, -0.1) is 0 Å². The van der Waals surface area contributed by atoms with E-state index in [1.807, 2.05) is 30.3 Å². The number of ether oxygens (including phenoxy) is 1. The van der Waals surface area contributed by atoms with Crippen LogP contribution in [0.15, 0.2) is 59.9 Å². The van der Waals surface area contributed by atoms with E-state index in [1.165, 1.54) is 0 Å². The van der Waals surface area contributed by atoms with Crippen molar-refractivity contribution in [2.24, 2.45) is 0 Å². The third-order valence-corrected chi connectivity index (χ3v) is 3.92. The van der Waals surface area contributed by atoms with Crippen LogP contribution in [0.1, 0.15) is 5.56 Å². The molecular formula is C17H15N3O3S. The lowest BCUT2D eigenvalue weighted by molar-refractivity contribution is 0.207. The van der Waals surface area contributed by atoms with E-state index in [0.717, 1.165) is 34.3 Å². The van der Waals surface area contributed by atoms with Crippen molar-refractivity contribution in [3.8, 4) is 5.75 Å². The normalized spacial score (nSPS) is 10.4. The molecule has 3 rings (SSSR count). The summed E-state index contributed by atoms with van der Waals surface area (Å²) in [5, 5.41) is 4.21. The van der Waals surface area contributed by atoms with Crippen molar-refractivity contribution in [3.63, 3.8) is 0 Å². The Balaban J connectivity index is 1.55. The van der Waals surface area contributed by atoms with Crippen molar-refractivity contribution in [3.05, 3.63) is 60.4 Å². The van der Waals surface area contributed by atoms with Gasteiger partial charge in [-0.1, -0.05) is 18.2 Å². The standard InChI is InChI=1S/C17H15N3O3S/c1-22-15-5-3-2-4-13(15)11-19-17(21)23-24-16-7-6-12-10-18-9-8-14(12)20-16/h2-10H,11H2,1H3,(H,19,21). The van der Waals surface area contributed by atoms with E-state index in [1.54, 1.807) is 31.6 Å². The van der Waals surface area contributed by atoms with Crippen LogP contribution in [-0.4, -0.2) is 23.2 Å². The monoisotopic (exact) mass is 341 g/mol. The highest BCUT2D eigenvalue weighted by atomic mass is 32.2. The van der Waals surface area contributed by atoms with Crippen LogP contribution in [0.3, 0.4) is 0 Å². The molecule has 0 saturated heterocycles. The molecule has 0 radical (unpaired) electrons. The second-order valence-corrected chi connectivity index (χ2v) is 5.59. The van der Waals surface area contributed by atoms with E-state index >= 15 is 0 Å². The number of fused-ring (bicyclic) bond motifs is 1. The Morgan fingerprint density at radius 1 is 1.21 bits per heavy atom. The number of benzene rings is 1. The Morgan fingerprint density at radius 2 is 2.08 bits per heavy atom. The molecule has 1 N–H and O–H groups in total. The molecule has 0 bridgehead atoms. The number of nitrogens with zero attached hydrogens (tertiary/aromatic N) is 2. The van der Waals surface area contributed by atoms with Crippen molar-refractivity contribution >= 4 is 29.0 Å². The van der Waals surface area contributed by atoms with Gasteiger partial charge >= 0.3 is 6.09 Å². The van der Waals surface area contributed by atoms with Gasteiger partial charge in [0.15, 0.2) is 0 Å². The Bertz CT molecular complexity index is 857. The molecule has 0 atom stereocenters. The van der Waals surface area contributed by atoms with Gasteiger partial charge in [-0.25, -0.2) is 9.78 Å². The minimum absolute atomic E-state index is 0.320. The first-order valence-corrected chi connectivity index (χ1v) is 7.95. The molecule has 1 aromatic carbocycles. The first-order chi connectivity index (χ1) is 11.8. The predicted octanol–water partition coefficient (Wildman–Crippen LogP) is 3.57. The maximum atomic E-state index is 11.8. The average Bonchev–Trinajstić information content (AvgIpc) is 2.64. The average molecular weight is 341 g/mol. The van der Waals surface area contributed by atoms with Crippen LogP contribution in [0.25, 0.3) is 10.9 Å². The minimum atomic E-state index is -0.539. The summed E-state index contributed by atoms with van der Waals surface area (Å²) in [6, 6.07) is 12.9. The summed E-state index contributed by atoms with van der Waals surface area (Å²) in [6.07, 6.45) is 2.87. The molecule has 2 heterocycles. The van der Waals surface area contributed by atoms with E-state index in [2.05, 4.69) is 15.3 Å². The van der Waals surface area contributed by atoms with Crippen molar-refractivity contribution in [2.75, 3.05) is 7.11 Å². The van der Waals surface area contributed by atoms with Gasteiger partial charge in [-0.3, -0.25) is 4.98 Å². The van der Waals surface area contributed by atoms with Crippen molar-refractivity contribution < 1.29 is 13.7 Å². The van der Waals surface area contributed by atoms with Gasteiger partial charge in [0.2, 0.25) is 0 Å². The van der Waals surface area contributed by atoms with Gasteiger partial charge in [0, 0.05) is 29.9 Å². The zero-order chi connectivity index (χ0) is 16.8. The minimum Gasteiger partial charge on any atom is -0.496 e. The van der Waals surface area contributed by atoms with Crippen molar-refractivity contribution in [2.45, 2.75) is 11.6 Å². The second kappa shape index (κ2) is 7.65. The summed E-state index contributed by atoms with van der Waals surface area (Å²) in [7, 11) is 1.59. The molecule has 3 aromatic rings. The van der Waals surface area contributed by atoms with Crippen molar-refractivity contribution in [1.82, 2.24) is 15.3 Å². The summed E-state index contributed by atoms with van der Waals surface area (Å²) in [4.78, 5) is 20.2. The quantitative estimate of drug-likeness (QED) is 0.715. The Morgan fingerprint density at radius 3 is 2.96 bits per heavy atom. The van der Waals surface area contributed by atoms with E-state index in [4.69, 9.17) is 8.92 Å². The molecule has 0 spiro atoms. The predicted molar refractivity (Wildman–Crippen MR) is 91.7 cm³/mol.